The van der Waals surface area contributed by atoms with E-state index in [2.05, 4.69) is 0 Å². The fourth-order valence-corrected chi connectivity index (χ4v) is 2.69. The van der Waals surface area contributed by atoms with E-state index in [4.69, 9.17) is 9.84 Å². The lowest BCUT2D eigenvalue weighted by molar-refractivity contribution is -0.160. The lowest BCUT2D eigenvalue weighted by atomic mass is 9.99. The van der Waals surface area contributed by atoms with Crippen LogP contribution in [0.5, 0.6) is 17.2 Å². The van der Waals surface area contributed by atoms with Gasteiger partial charge in [0.15, 0.2) is 11.5 Å². The van der Waals surface area contributed by atoms with Gasteiger partial charge in [-0.05, 0) is 41.8 Å². The third-order valence-corrected chi connectivity index (χ3v) is 4.24. The molecule has 0 saturated carbocycles. The largest absolute Gasteiger partial charge is 0.507 e. The van der Waals surface area contributed by atoms with Crippen LogP contribution in [-0.2, 0) is 32.0 Å². The quantitative estimate of drug-likeness (QED) is 0.246. The first-order chi connectivity index (χ1) is 14.1. The van der Waals surface area contributed by atoms with Crippen molar-refractivity contribution in [3.05, 3.63) is 58.7 Å². The molecule has 0 aromatic heterocycles. The molecule has 9 heteroatoms. The van der Waals surface area contributed by atoms with Crippen molar-refractivity contribution < 1.29 is 44.7 Å². The molecule has 5 N–H and O–H groups in total. The van der Waals surface area contributed by atoms with Crippen molar-refractivity contribution in [3.8, 4) is 17.2 Å². The molecule has 0 heterocycles. The molecule has 1 unspecified atom stereocenters. The molecule has 2 aromatic rings. The van der Waals surface area contributed by atoms with Crippen LogP contribution < -0.4 is 0 Å². The van der Waals surface area contributed by atoms with Crippen LogP contribution in [0, 0.1) is 6.92 Å². The zero-order valence-electron chi connectivity index (χ0n) is 15.9. The fraction of sp³-hybridized carbons (Fsp3) is 0.190. The van der Waals surface area contributed by atoms with E-state index in [0.29, 0.717) is 11.1 Å². The summed E-state index contributed by atoms with van der Waals surface area (Å²) in [4.78, 5) is 34.5. The van der Waals surface area contributed by atoms with Gasteiger partial charge in [-0.3, -0.25) is 4.79 Å². The van der Waals surface area contributed by atoms with Gasteiger partial charge in [0.05, 0.1) is 6.42 Å². The number of hydrogen-bond acceptors (Lipinski definition) is 7. The molecule has 2 rings (SSSR count). The van der Waals surface area contributed by atoms with Crippen LogP contribution in [0.25, 0.3) is 6.08 Å². The lowest BCUT2D eigenvalue weighted by Gasteiger charge is -2.13. The summed E-state index contributed by atoms with van der Waals surface area (Å²) in [6.45, 7) is 1.60. The molecule has 0 fully saturated rings. The number of phenolic OH excluding ortho intramolecular Hbond substituents is 3. The third-order valence-electron chi connectivity index (χ3n) is 4.24. The van der Waals surface area contributed by atoms with Gasteiger partial charge in [0, 0.05) is 18.1 Å². The predicted molar refractivity (Wildman–Crippen MR) is 104 cm³/mol. The van der Waals surface area contributed by atoms with Gasteiger partial charge in [-0.1, -0.05) is 18.2 Å². The molecule has 2 aromatic carbocycles. The van der Waals surface area contributed by atoms with Crippen LogP contribution in [0.1, 0.15) is 22.3 Å². The number of carbonyl (C=O) groups excluding carboxylic acids is 1. The van der Waals surface area contributed by atoms with E-state index >= 15 is 0 Å². The highest BCUT2D eigenvalue weighted by atomic mass is 16.6. The molecular formula is C21H20O9. The van der Waals surface area contributed by atoms with Crippen molar-refractivity contribution in [2.45, 2.75) is 25.9 Å². The van der Waals surface area contributed by atoms with Crippen molar-refractivity contribution >= 4 is 24.0 Å². The zero-order valence-corrected chi connectivity index (χ0v) is 15.9. The third kappa shape index (κ3) is 5.74. The van der Waals surface area contributed by atoms with Gasteiger partial charge >= 0.3 is 17.9 Å². The molecule has 9 nitrogen and oxygen atoms in total. The molecule has 1 atom stereocenters. The second-order valence-electron chi connectivity index (χ2n) is 6.49. The van der Waals surface area contributed by atoms with E-state index in [0.717, 1.165) is 12.1 Å². The summed E-state index contributed by atoms with van der Waals surface area (Å²) in [7, 11) is 0. The van der Waals surface area contributed by atoms with Gasteiger partial charge in [0.1, 0.15) is 5.75 Å². The molecule has 0 aliphatic rings. The van der Waals surface area contributed by atoms with E-state index in [1.165, 1.54) is 24.3 Å². The number of rotatable bonds is 8. The second kappa shape index (κ2) is 9.46. The number of aromatic hydroxyl groups is 3. The molecule has 0 radical (unpaired) electrons. The zero-order chi connectivity index (χ0) is 22.4. The summed E-state index contributed by atoms with van der Waals surface area (Å²) < 4.78 is 4.93. The molecular weight excluding hydrogens is 396 g/mol. The molecule has 0 aliphatic carbocycles. The number of benzene rings is 2. The summed E-state index contributed by atoms with van der Waals surface area (Å²) >= 11 is 0. The Balaban J connectivity index is 2.17. The van der Waals surface area contributed by atoms with Crippen LogP contribution in [0.4, 0.5) is 0 Å². The van der Waals surface area contributed by atoms with Crippen LogP contribution >= 0.6 is 0 Å². The van der Waals surface area contributed by atoms with E-state index < -0.39 is 36.2 Å². The molecule has 158 valence electrons. The number of carboxylic acid groups (broad SMARTS) is 2. The molecule has 30 heavy (non-hydrogen) atoms. The molecule has 0 saturated heterocycles. The van der Waals surface area contributed by atoms with Crippen LogP contribution in [0.3, 0.4) is 0 Å². The predicted octanol–water partition coefficient (Wildman–Crippen LogP) is 1.99. The number of phenols is 3. The molecule has 0 amide bonds. The van der Waals surface area contributed by atoms with Gasteiger partial charge in [-0.25, -0.2) is 9.59 Å². The van der Waals surface area contributed by atoms with Gasteiger partial charge in [-0.15, -0.1) is 0 Å². The highest BCUT2D eigenvalue weighted by Crippen LogP contribution is 2.28. The number of aryl methyl sites for hydroxylation is 1. The molecule has 0 aliphatic heterocycles. The minimum absolute atomic E-state index is 0.112. The van der Waals surface area contributed by atoms with Gasteiger partial charge in [0.25, 0.3) is 0 Å². The minimum atomic E-state index is -1.56. The average molecular weight is 416 g/mol. The number of ether oxygens (including phenoxy) is 1. The highest BCUT2D eigenvalue weighted by Gasteiger charge is 2.22. The number of esters is 1. The number of carbonyl (C=O) groups is 3. The maximum atomic E-state index is 12.1. The first-order valence-electron chi connectivity index (χ1n) is 8.74. The SMILES string of the molecule is Cc1ccc(C=CC(=O)OC(Cc2ccc(O)c(O)c2)C(=O)O)c(CC(=O)O)c1O. The fourth-order valence-electron chi connectivity index (χ4n) is 2.69. The Hall–Kier alpha value is -4.01. The van der Waals surface area contributed by atoms with E-state index in [9.17, 15) is 34.8 Å². The summed E-state index contributed by atoms with van der Waals surface area (Å²) in [5.74, 6) is -4.59. The Morgan fingerprint density at radius 3 is 2.33 bits per heavy atom. The van der Waals surface area contributed by atoms with E-state index in [1.54, 1.807) is 13.0 Å². The standard InChI is InChI=1S/C21H20O9/c1-11-2-4-13(14(20(11)27)10-18(24)25)5-7-19(26)30-17(21(28)29)9-12-3-6-15(22)16(23)8-12/h2-8,17,22-23,27H,9-10H2,1H3,(H,24,25)(H,28,29). The maximum absolute atomic E-state index is 12.1. The van der Waals surface area contributed by atoms with Crippen molar-refractivity contribution in [2.75, 3.05) is 0 Å². The minimum Gasteiger partial charge on any atom is -0.507 e. The van der Waals surface area contributed by atoms with E-state index in [-0.39, 0.29) is 29.0 Å². The topological polar surface area (TPSA) is 162 Å². The van der Waals surface area contributed by atoms with Crippen molar-refractivity contribution in [1.29, 1.82) is 0 Å². The maximum Gasteiger partial charge on any atom is 0.345 e. The molecule has 0 bridgehead atoms. The smallest absolute Gasteiger partial charge is 0.345 e. The highest BCUT2D eigenvalue weighted by molar-refractivity contribution is 5.90. The Bertz CT molecular complexity index is 1010. The van der Waals surface area contributed by atoms with Crippen LogP contribution in [0.2, 0.25) is 0 Å². The van der Waals surface area contributed by atoms with Crippen LogP contribution in [-0.4, -0.2) is 49.5 Å². The Morgan fingerprint density at radius 2 is 1.73 bits per heavy atom. The normalized spacial score (nSPS) is 11.9. The Labute approximate surface area is 171 Å². The van der Waals surface area contributed by atoms with E-state index in [1.807, 2.05) is 0 Å². The van der Waals surface area contributed by atoms with Crippen LogP contribution in [0.15, 0.2) is 36.4 Å². The van der Waals surface area contributed by atoms with Gasteiger partial charge in [0.2, 0.25) is 6.10 Å². The monoisotopic (exact) mass is 416 g/mol. The Kier molecular flexibility index (Phi) is 7.03. The van der Waals surface area contributed by atoms with Crippen molar-refractivity contribution in [2.24, 2.45) is 0 Å². The lowest BCUT2D eigenvalue weighted by Crippen LogP contribution is -2.28. The number of carboxylic acids is 2. The second-order valence-corrected chi connectivity index (χ2v) is 6.49. The summed E-state index contributed by atoms with van der Waals surface area (Å²) in [5, 5.41) is 47.2. The summed E-state index contributed by atoms with van der Waals surface area (Å²) in [5.41, 5.74) is 1.17. The first-order valence-corrected chi connectivity index (χ1v) is 8.74. The van der Waals surface area contributed by atoms with Crippen molar-refractivity contribution in [1.82, 2.24) is 0 Å². The average Bonchev–Trinajstić information content (AvgIpc) is 2.66. The van der Waals surface area contributed by atoms with Gasteiger partial charge in [-0.2, -0.15) is 0 Å². The first kappa shape index (κ1) is 22.3. The summed E-state index contributed by atoms with van der Waals surface area (Å²) in [6, 6.07) is 6.78. The number of aliphatic carboxylic acids is 2. The Morgan fingerprint density at radius 1 is 1.03 bits per heavy atom. The number of hydrogen-bond donors (Lipinski definition) is 5. The molecule has 0 spiro atoms. The van der Waals surface area contributed by atoms with Gasteiger partial charge < -0.3 is 30.3 Å². The van der Waals surface area contributed by atoms with Crippen molar-refractivity contribution in [3.63, 3.8) is 0 Å². The summed E-state index contributed by atoms with van der Waals surface area (Å²) in [6.07, 6.45) is -0.121.